The highest BCUT2D eigenvalue weighted by molar-refractivity contribution is 7.98. The van der Waals surface area contributed by atoms with Gasteiger partial charge in [0.05, 0.1) is 26.4 Å². The molecule has 2 aliphatic heterocycles. The summed E-state index contributed by atoms with van der Waals surface area (Å²) in [6.45, 7) is 26.6. The number of H-pyrrole nitrogens is 2. The highest BCUT2D eigenvalue weighted by atomic mass is 32.2. The maximum Gasteiger partial charge on any atom is 0.330 e. The fourth-order valence-electron chi connectivity index (χ4n) is 5.41. The number of aromatic amines is 2. The number of ether oxygens (including phenoxy) is 4. The number of carbonyl (C=O) groups is 2. The molecule has 0 radical (unpaired) electrons. The predicted molar refractivity (Wildman–Crippen MR) is 250 cm³/mol. The van der Waals surface area contributed by atoms with Crippen LogP contribution in [0.2, 0.25) is 36.3 Å². The molecule has 2 aromatic heterocycles. The number of thioether (sulfide) groups is 2. The van der Waals surface area contributed by atoms with Gasteiger partial charge in [0.1, 0.15) is 50.2 Å². The van der Waals surface area contributed by atoms with E-state index in [2.05, 4.69) is 77.7 Å². The molecule has 0 spiro atoms. The third-order valence-electron chi connectivity index (χ3n) is 10.8. The fraction of sp³-hybridized carbons (Fsp3) is 0.737. The Morgan fingerprint density at radius 3 is 1.38 bits per heavy atom. The van der Waals surface area contributed by atoms with Crippen molar-refractivity contribution in [3.05, 3.63) is 66.2 Å². The first-order valence-corrected chi connectivity index (χ1v) is 28.3. The van der Waals surface area contributed by atoms with Gasteiger partial charge < -0.3 is 47.6 Å². The third kappa shape index (κ3) is 18.9. The summed E-state index contributed by atoms with van der Waals surface area (Å²) >= 11 is 3.35. The van der Waals surface area contributed by atoms with Crippen LogP contribution in [0.3, 0.4) is 0 Å². The average molecular weight is 993 g/mol. The number of hydrogen-bond acceptors (Lipinski definition) is 20. The largest absolute Gasteiger partial charge is 0.408 e. The lowest BCUT2D eigenvalue weighted by Gasteiger charge is -2.40. The van der Waals surface area contributed by atoms with E-state index in [0.717, 1.165) is 11.5 Å². The van der Waals surface area contributed by atoms with E-state index in [9.17, 15) is 29.4 Å². The molecule has 8 N–H and O–H groups in total. The maximum atomic E-state index is 12.3. The lowest BCUT2D eigenvalue weighted by molar-refractivity contribution is -0.176. The summed E-state index contributed by atoms with van der Waals surface area (Å²) < 4.78 is 38.6. The first-order valence-electron chi connectivity index (χ1n) is 19.7. The average Bonchev–Trinajstić information content (AvgIpc) is 3.70. The predicted octanol–water partition coefficient (Wildman–Crippen LogP) is 2.79. The lowest BCUT2D eigenvalue weighted by Crippen LogP contribution is -2.50. The Hall–Kier alpha value is -2.65. The molecule has 2 unspecified atom stereocenters. The van der Waals surface area contributed by atoms with Gasteiger partial charge in [-0.25, -0.2) is 9.59 Å². The minimum Gasteiger partial charge on any atom is -0.408 e. The van der Waals surface area contributed by atoms with Gasteiger partial charge in [0.25, 0.3) is 11.1 Å². The molecular weight excluding hydrogens is 921 g/mol. The molecule has 4 rings (SSSR count). The van der Waals surface area contributed by atoms with Crippen molar-refractivity contribution >= 4 is 53.7 Å². The summed E-state index contributed by atoms with van der Waals surface area (Å²) in [5, 5.41) is 45.7. The van der Waals surface area contributed by atoms with Gasteiger partial charge in [-0.15, -0.1) is 0 Å². The van der Waals surface area contributed by atoms with E-state index in [4.69, 9.17) is 58.4 Å². The molecule has 2 aromatic rings. The van der Waals surface area contributed by atoms with Crippen molar-refractivity contribution in [3.8, 4) is 0 Å². The Morgan fingerprint density at radius 2 is 1.00 bits per heavy atom. The first kappa shape index (κ1) is 63.4. The van der Waals surface area contributed by atoms with Gasteiger partial charge in [-0.05, 0) is 48.8 Å². The summed E-state index contributed by atoms with van der Waals surface area (Å²) in [4.78, 5) is 67.7. The quantitative estimate of drug-likeness (QED) is 0.0519. The van der Waals surface area contributed by atoms with Gasteiger partial charge in [0.2, 0.25) is 0 Å². The van der Waals surface area contributed by atoms with E-state index in [1.54, 1.807) is 23.5 Å². The number of aliphatic hydroxyl groups excluding tert-OH is 2. The topological polar surface area (TPSA) is 321 Å². The molecule has 26 heteroatoms. The van der Waals surface area contributed by atoms with Crippen LogP contribution in [0.4, 0.5) is 0 Å². The van der Waals surface area contributed by atoms with Gasteiger partial charge in [-0.3, -0.25) is 49.7 Å². The van der Waals surface area contributed by atoms with Crippen molar-refractivity contribution in [2.75, 3.05) is 50.4 Å². The molecule has 2 saturated heterocycles. The van der Waals surface area contributed by atoms with E-state index in [-0.39, 0.29) is 23.3 Å². The van der Waals surface area contributed by atoms with Crippen LogP contribution in [0.25, 0.3) is 0 Å². The van der Waals surface area contributed by atoms with E-state index in [1.807, 2.05) is 26.1 Å². The van der Waals surface area contributed by atoms with E-state index < -0.39 is 88.2 Å². The molecular formula is C38H72N4O18S2Si2. The van der Waals surface area contributed by atoms with Crippen LogP contribution >= 0.6 is 23.5 Å². The number of carbonyl (C=O) groups excluding carboxylic acids is 2. The fourth-order valence-corrected chi connectivity index (χ4v) is 8.59. The monoisotopic (exact) mass is 992 g/mol. The Bertz CT molecular complexity index is 1820. The van der Waals surface area contributed by atoms with Crippen LogP contribution in [0, 0.1) is 0 Å². The zero-order valence-corrected chi connectivity index (χ0v) is 42.5. The molecule has 0 aromatic carbocycles. The second-order valence-electron chi connectivity index (χ2n) is 17.0. The van der Waals surface area contributed by atoms with Crippen molar-refractivity contribution in [1.29, 1.82) is 0 Å². The third-order valence-corrected chi connectivity index (χ3v) is 20.9. The Labute approximate surface area is 383 Å². The minimum absolute atomic E-state index is 0.0517. The van der Waals surface area contributed by atoms with Crippen molar-refractivity contribution in [3.63, 3.8) is 0 Å². The van der Waals surface area contributed by atoms with Crippen LogP contribution < -0.4 is 22.5 Å². The number of nitrogens with one attached hydrogen (secondary N) is 2. The lowest BCUT2D eigenvalue weighted by atomic mass is 10.1. The van der Waals surface area contributed by atoms with Crippen molar-refractivity contribution in [2.45, 2.75) is 127 Å². The Morgan fingerprint density at radius 1 is 0.641 bits per heavy atom. The molecule has 0 amide bonds. The summed E-state index contributed by atoms with van der Waals surface area (Å²) in [7, 11) is -4.47. The molecule has 0 aliphatic carbocycles. The molecule has 2 aliphatic rings. The van der Waals surface area contributed by atoms with Gasteiger partial charge in [-0.2, -0.15) is 23.5 Å². The summed E-state index contributed by atoms with van der Waals surface area (Å²) in [6.07, 6.45) is 0.378. The SMILES string of the molecule is C=O.C=O.CSCCOC[C@H]1O[C@@H](n2ccc(=O)[nH]c2=O)[C@@H](O)C1O[Si](C)(C)C(C)(C)C.CSCCOC[C@H]1O[C@@H](n2ccc(=O)[nH]c2=O)[C@@H](O[Si](C)(C)C(C)(C)C)C1O.OO.OO. The number of rotatable bonds is 16. The molecule has 372 valence electrons. The molecule has 0 saturated carbocycles. The normalized spacial score (nSPS) is 23.0. The summed E-state index contributed by atoms with van der Waals surface area (Å²) in [5.74, 6) is 1.70. The van der Waals surface area contributed by atoms with Crippen LogP contribution in [-0.4, -0.2) is 168 Å². The van der Waals surface area contributed by atoms with Crippen LogP contribution in [-0.2, 0) is 37.4 Å². The summed E-state index contributed by atoms with van der Waals surface area (Å²) in [6, 6.07) is 2.48. The molecule has 22 nitrogen and oxygen atoms in total. The van der Waals surface area contributed by atoms with Crippen molar-refractivity contribution in [1.82, 2.24) is 19.1 Å². The Balaban J connectivity index is 0. The second-order valence-corrected chi connectivity index (χ2v) is 28.5. The van der Waals surface area contributed by atoms with E-state index >= 15 is 0 Å². The molecule has 0 bridgehead atoms. The van der Waals surface area contributed by atoms with Crippen LogP contribution in [0.1, 0.15) is 54.0 Å². The number of aliphatic hydroxyl groups is 2. The van der Waals surface area contributed by atoms with Gasteiger partial charge in [0, 0.05) is 36.0 Å². The van der Waals surface area contributed by atoms with Crippen molar-refractivity contribution in [2.24, 2.45) is 0 Å². The molecule has 8 atom stereocenters. The minimum atomic E-state index is -2.26. The molecule has 4 heterocycles. The van der Waals surface area contributed by atoms with Crippen LogP contribution in [0.15, 0.2) is 43.7 Å². The number of aromatic nitrogens is 4. The number of nitrogens with zero attached hydrogens (tertiary/aromatic N) is 2. The van der Waals surface area contributed by atoms with Crippen molar-refractivity contribution < 1.29 is 68.6 Å². The summed E-state index contributed by atoms with van der Waals surface area (Å²) in [5.41, 5.74) is -2.22. The van der Waals surface area contributed by atoms with Crippen LogP contribution in [0.5, 0.6) is 0 Å². The van der Waals surface area contributed by atoms with Gasteiger partial charge in [0.15, 0.2) is 29.1 Å². The first-order chi connectivity index (χ1) is 30.0. The smallest absolute Gasteiger partial charge is 0.330 e. The standard InChI is InChI=1S/2C18H32N2O6SSi.2CH2O.2H2O2/c1-18(2,3)28(5,6)26-15-12(11-24-9-10-27-4)25-16(14(15)22)20-8-7-13(21)19-17(20)23;1-18(2,3)28(5,6)26-15-14(22)12(11-24-9-10-27-4)25-16(15)20-8-7-13(21)19-17(20)23;4*1-2/h2*7-8,12,14-16,22H,9-11H2,1-6H3,(H,19,21,23);2*1H2;2*1-2H/t12-,14+,15?,16-;12-,14?,15+,16-;;;;/m11..../s1. The highest BCUT2D eigenvalue weighted by Gasteiger charge is 2.52. The van der Waals surface area contributed by atoms with E-state index in [0.29, 0.717) is 13.2 Å². The molecule has 2 fully saturated rings. The zero-order valence-electron chi connectivity index (χ0n) is 38.9. The number of hydrogen-bond donors (Lipinski definition) is 8. The second kappa shape index (κ2) is 30.6. The molecule has 64 heavy (non-hydrogen) atoms. The highest BCUT2D eigenvalue weighted by Crippen LogP contribution is 2.43. The van der Waals surface area contributed by atoms with Gasteiger partial charge >= 0.3 is 11.4 Å². The Kier molecular flexibility index (Phi) is 30.3. The van der Waals surface area contributed by atoms with Gasteiger partial charge in [-0.1, -0.05) is 41.5 Å². The van der Waals surface area contributed by atoms with E-state index in [1.165, 1.54) is 33.7 Å². The maximum absolute atomic E-state index is 12.3. The zero-order chi connectivity index (χ0) is 50.2.